The summed E-state index contributed by atoms with van der Waals surface area (Å²) in [6.07, 6.45) is 0. The molecule has 0 amide bonds. The zero-order valence-electron chi connectivity index (χ0n) is 9.76. The highest BCUT2D eigenvalue weighted by atomic mass is 127. The normalized spacial score (nSPS) is 11.5. The molecule has 0 aliphatic rings. The summed E-state index contributed by atoms with van der Waals surface area (Å²) in [5.41, 5.74) is 0. The molecule has 13 heavy (non-hydrogen) atoms. The van der Waals surface area contributed by atoms with E-state index in [1.54, 1.807) is 0 Å². The van der Waals surface area contributed by atoms with E-state index in [1.807, 2.05) is 0 Å². The third-order valence-electron chi connectivity index (χ3n) is 2.25. The zero-order valence-corrected chi connectivity index (χ0v) is 11.9. The van der Waals surface area contributed by atoms with Crippen molar-refractivity contribution in [3.63, 3.8) is 0 Å². The molecule has 0 aromatic carbocycles. The fourth-order valence-corrected chi connectivity index (χ4v) is 1.50. The molecular formula is C9H24IN3. The van der Waals surface area contributed by atoms with E-state index in [2.05, 4.69) is 51.8 Å². The Morgan fingerprint density at radius 1 is 1.00 bits per heavy atom. The lowest BCUT2D eigenvalue weighted by Crippen LogP contribution is -3.25. The van der Waals surface area contributed by atoms with Crippen LogP contribution < -0.4 is 29.1 Å². The molecule has 0 fully saturated rings. The summed E-state index contributed by atoms with van der Waals surface area (Å²) in [4.78, 5) is 0. The minimum absolute atomic E-state index is 0. The molecule has 0 aromatic rings. The van der Waals surface area contributed by atoms with E-state index in [1.165, 1.54) is 5.12 Å². The summed E-state index contributed by atoms with van der Waals surface area (Å²) < 4.78 is 0. The smallest absolute Gasteiger partial charge is 0.118 e. The van der Waals surface area contributed by atoms with Crippen molar-refractivity contribution in [2.75, 3.05) is 27.2 Å². The van der Waals surface area contributed by atoms with Crippen LogP contribution in [0, 0.1) is 0 Å². The number of halogens is 1. The first kappa shape index (κ1) is 16.1. The Morgan fingerprint density at radius 3 is 1.46 bits per heavy atom. The maximum atomic E-state index is 2.31. The van der Waals surface area contributed by atoms with E-state index in [0.29, 0.717) is 6.04 Å². The van der Waals surface area contributed by atoms with Crippen LogP contribution in [0.15, 0.2) is 0 Å². The van der Waals surface area contributed by atoms with Gasteiger partial charge in [-0.2, -0.15) is 5.12 Å². The Hall–Kier alpha value is 0.610. The molecular weight excluding hydrogens is 277 g/mol. The second-order valence-electron chi connectivity index (χ2n) is 3.54. The van der Waals surface area contributed by atoms with Crippen LogP contribution in [0.4, 0.5) is 0 Å². The minimum Gasteiger partial charge on any atom is -1.00 e. The van der Waals surface area contributed by atoms with Gasteiger partial charge in [0.1, 0.15) is 6.04 Å². The Bertz CT molecular complexity index is 109. The van der Waals surface area contributed by atoms with Crippen LogP contribution in [-0.4, -0.2) is 43.2 Å². The molecule has 0 saturated carbocycles. The van der Waals surface area contributed by atoms with E-state index in [0.717, 1.165) is 13.1 Å². The Kier molecular flexibility index (Phi) is 9.83. The highest BCUT2D eigenvalue weighted by Crippen LogP contribution is 1.78. The average molecular weight is 301 g/mol. The van der Waals surface area contributed by atoms with Crippen molar-refractivity contribution in [3.8, 4) is 0 Å². The highest BCUT2D eigenvalue weighted by Gasteiger charge is 2.21. The zero-order chi connectivity index (χ0) is 9.72. The van der Waals surface area contributed by atoms with Gasteiger partial charge in [0.15, 0.2) is 0 Å². The Balaban J connectivity index is 0. The van der Waals surface area contributed by atoms with E-state index in [4.69, 9.17) is 0 Å². The summed E-state index contributed by atoms with van der Waals surface area (Å²) in [5, 5.41) is 6.06. The van der Waals surface area contributed by atoms with Gasteiger partial charge in [-0.3, -0.25) is 0 Å². The highest BCUT2D eigenvalue weighted by molar-refractivity contribution is 4.33. The van der Waals surface area contributed by atoms with Gasteiger partial charge >= 0.3 is 0 Å². The lowest BCUT2D eigenvalue weighted by molar-refractivity contribution is -1.12. The van der Waals surface area contributed by atoms with Crippen LogP contribution in [0.5, 0.6) is 0 Å². The first-order valence-corrected chi connectivity index (χ1v) is 4.83. The molecule has 0 saturated heterocycles. The third-order valence-corrected chi connectivity index (χ3v) is 2.25. The van der Waals surface area contributed by atoms with Crippen LogP contribution in [0.25, 0.3) is 0 Å². The van der Waals surface area contributed by atoms with Gasteiger partial charge in [0.25, 0.3) is 0 Å². The average Bonchev–Trinajstić information content (AvgIpc) is 2.03. The quantitative estimate of drug-likeness (QED) is 0.429. The van der Waals surface area contributed by atoms with Crippen molar-refractivity contribution < 1.29 is 29.1 Å². The molecule has 3 nitrogen and oxygen atoms in total. The second kappa shape index (κ2) is 7.96. The number of hydrogen-bond acceptors (Lipinski definition) is 2. The van der Waals surface area contributed by atoms with Crippen LogP contribution in [0.1, 0.15) is 27.7 Å². The first-order valence-electron chi connectivity index (χ1n) is 4.83. The lowest BCUT2D eigenvalue weighted by Gasteiger charge is -2.35. The monoisotopic (exact) mass is 301 g/mol. The van der Waals surface area contributed by atoms with Gasteiger partial charge in [0.2, 0.25) is 0 Å². The van der Waals surface area contributed by atoms with Crippen molar-refractivity contribution in [3.05, 3.63) is 0 Å². The van der Waals surface area contributed by atoms with Gasteiger partial charge in [0, 0.05) is 27.2 Å². The number of quaternary nitrogens is 1. The van der Waals surface area contributed by atoms with Gasteiger partial charge in [-0.15, -0.1) is 10.0 Å². The molecule has 0 aliphatic heterocycles. The lowest BCUT2D eigenvalue weighted by atomic mass is 10.4. The maximum absolute atomic E-state index is 2.31. The summed E-state index contributed by atoms with van der Waals surface area (Å²) in [6.45, 7) is 11.0. The van der Waals surface area contributed by atoms with E-state index >= 15 is 0 Å². The Morgan fingerprint density at radius 2 is 1.31 bits per heavy atom. The number of rotatable bonds is 5. The molecule has 1 N–H and O–H groups in total. The van der Waals surface area contributed by atoms with Crippen LogP contribution in [0.2, 0.25) is 0 Å². The summed E-state index contributed by atoms with van der Waals surface area (Å²) >= 11 is 0. The number of nitrogens with one attached hydrogen (secondary N) is 1. The maximum Gasteiger partial charge on any atom is 0.118 e. The van der Waals surface area contributed by atoms with Gasteiger partial charge in [-0.05, 0) is 27.7 Å². The predicted molar refractivity (Wildman–Crippen MR) is 52.7 cm³/mol. The molecule has 4 heteroatoms. The van der Waals surface area contributed by atoms with Crippen molar-refractivity contribution in [2.24, 2.45) is 0 Å². The van der Waals surface area contributed by atoms with Crippen LogP contribution >= 0.6 is 0 Å². The van der Waals surface area contributed by atoms with Gasteiger partial charge in [-0.25, -0.2) is 0 Å². The third kappa shape index (κ3) is 5.15. The van der Waals surface area contributed by atoms with Crippen molar-refractivity contribution in [1.29, 1.82) is 0 Å². The topological polar surface area (TPSA) is 10.9 Å². The molecule has 0 bridgehead atoms. The summed E-state index contributed by atoms with van der Waals surface area (Å²) in [6, 6.07) is 0.611. The van der Waals surface area contributed by atoms with E-state index in [9.17, 15) is 0 Å². The summed E-state index contributed by atoms with van der Waals surface area (Å²) in [5.74, 6) is 0. The molecule has 0 aliphatic carbocycles. The van der Waals surface area contributed by atoms with Gasteiger partial charge in [0.05, 0.1) is 0 Å². The molecule has 0 aromatic heterocycles. The molecule has 82 valence electrons. The molecule has 0 radical (unpaired) electrons. The molecule has 0 atom stereocenters. The molecule has 0 heterocycles. The summed E-state index contributed by atoms with van der Waals surface area (Å²) in [7, 11) is 4.31. The van der Waals surface area contributed by atoms with Gasteiger partial charge in [-0.1, -0.05) is 0 Å². The molecule has 0 unspecified atom stereocenters. The van der Waals surface area contributed by atoms with Gasteiger partial charge < -0.3 is 24.0 Å². The van der Waals surface area contributed by atoms with Crippen molar-refractivity contribution in [2.45, 2.75) is 33.7 Å². The predicted octanol–water partition coefficient (Wildman–Crippen LogP) is -2.98. The number of hydrogen-bond donors (Lipinski definition) is 1. The fraction of sp³-hybridized carbons (Fsp3) is 1.00. The molecule has 0 spiro atoms. The first-order chi connectivity index (χ1) is 5.54. The Labute approximate surface area is 100 Å². The van der Waals surface area contributed by atoms with Crippen LogP contribution in [-0.2, 0) is 0 Å². The minimum atomic E-state index is 0. The standard InChI is InChI=1S/C9H23N3.HI/c1-7-10(5)12(9(3)4)11(6)8-2;/h9H,7-8H2,1-6H3;1H. The SMILES string of the molecule is CCN(C)[NH+](C(C)C)N(C)CC.[I-]. The largest absolute Gasteiger partial charge is 1.00 e. The van der Waals surface area contributed by atoms with E-state index < -0.39 is 0 Å². The van der Waals surface area contributed by atoms with Crippen molar-refractivity contribution in [1.82, 2.24) is 10.0 Å². The fourth-order valence-electron chi connectivity index (χ4n) is 1.50. The van der Waals surface area contributed by atoms with Crippen LogP contribution in [0.3, 0.4) is 0 Å². The molecule has 0 rings (SSSR count). The number of nitrogens with zero attached hydrogens (tertiary/aromatic N) is 2. The van der Waals surface area contributed by atoms with Crippen molar-refractivity contribution >= 4 is 0 Å². The second-order valence-corrected chi connectivity index (χ2v) is 3.54. The van der Waals surface area contributed by atoms with E-state index in [-0.39, 0.29) is 24.0 Å².